The summed E-state index contributed by atoms with van der Waals surface area (Å²) in [7, 11) is 1.37. The van der Waals surface area contributed by atoms with Gasteiger partial charge in [-0.15, -0.1) is 0 Å². The molecule has 0 saturated carbocycles. The molecule has 10 nitrogen and oxygen atoms in total. The van der Waals surface area contributed by atoms with E-state index < -0.39 is 11.6 Å². The second kappa shape index (κ2) is 11.4. The van der Waals surface area contributed by atoms with Crippen LogP contribution in [0.15, 0.2) is 36.5 Å². The van der Waals surface area contributed by atoms with Crippen molar-refractivity contribution in [2.75, 3.05) is 56.7 Å². The minimum absolute atomic E-state index is 0.0513. The Balaban J connectivity index is 1.48. The van der Waals surface area contributed by atoms with Crippen molar-refractivity contribution in [1.29, 1.82) is 0 Å². The fourth-order valence-electron chi connectivity index (χ4n) is 4.99. The third-order valence-corrected chi connectivity index (χ3v) is 7.02. The summed E-state index contributed by atoms with van der Waals surface area (Å²) in [5.74, 6) is -0.443. The molecule has 2 amide bonds. The second-order valence-electron chi connectivity index (χ2n) is 9.55. The number of hydrogen-bond donors (Lipinski definition) is 1. The molecule has 0 radical (unpaired) electrons. The van der Waals surface area contributed by atoms with E-state index in [9.17, 15) is 18.4 Å². The molecule has 1 aromatic heterocycles. The first kappa shape index (κ1) is 27.3. The molecule has 40 heavy (non-hydrogen) atoms. The average Bonchev–Trinajstić information content (AvgIpc) is 2.94. The van der Waals surface area contributed by atoms with Crippen LogP contribution in [0.3, 0.4) is 0 Å². The molecule has 0 spiro atoms. The number of nitrogens with zero attached hydrogens (tertiary/aromatic N) is 5. The molecule has 2 aliphatic rings. The van der Waals surface area contributed by atoms with Crippen LogP contribution in [0.5, 0.6) is 11.5 Å². The number of aromatic nitrogens is 2. The first-order valence-electron chi connectivity index (χ1n) is 13.0. The number of ether oxygens (including phenoxy) is 2. The Morgan fingerprint density at radius 3 is 2.62 bits per heavy atom. The van der Waals surface area contributed by atoms with Crippen LogP contribution < -0.4 is 19.7 Å². The van der Waals surface area contributed by atoms with Crippen LogP contribution in [0.4, 0.5) is 26.1 Å². The highest BCUT2D eigenvalue weighted by molar-refractivity contribution is 5.99. The number of methoxy groups -OCH3 is 1. The van der Waals surface area contributed by atoms with Crippen LogP contribution in [-0.2, 0) is 16.1 Å². The van der Waals surface area contributed by atoms with Gasteiger partial charge in [-0.1, -0.05) is 0 Å². The molecular weight excluding hydrogens is 522 g/mol. The van der Waals surface area contributed by atoms with Gasteiger partial charge < -0.3 is 24.6 Å². The summed E-state index contributed by atoms with van der Waals surface area (Å²) in [6.07, 6.45) is 1.03. The smallest absolute Gasteiger partial charge is 0.265 e. The van der Waals surface area contributed by atoms with Crippen molar-refractivity contribution in [2.24, 2.45) is 0 Å². The number of carbonyl (C=O) groups excluding carboxylic acids is 2. The van der Waals surface area contributed by atoms with Gasteiger partial charge in [0.2, 0.25) is 11.9 Å². The Kier molecular flexibility index (Phi) is 7.78. The maximum atomic E-state index is 14.8. The quantitative estimate of drug-likeness (QED) is 0.475. The normalized spacial score (nSPS) is 15.5. The topological polar surface area (TPSA) is 100 Å². The molecular formula is C28H30F2N6O4. The molecule has 1 fully saturated rings. The number of anilines is 3. The number of amides is 2. The van der Waals surface area contributed by atoms with Gasteiger partial charge in [-0.2, -0.15) is 0 Å². The number of halogens is 2. The Morgan fingerprint density at radius 2 is 1.93 bits per heavy atom. The van der Waals surface area contributed by atoms with E-state index in [1.54, 1.807) is 17.9 Å². The van der Waals surface area contributed by atoms with Gasteiger partial charge in [-0.05, 0) is 31.2 Å². The molecule has 0 atom stereocenters. The highest BCUT2D eigenvalue weighted by Crippen LogP contribution is 2.40. The van der Waals surface area contributed by atoms with Crippen molar-refractivity contribution < 1.29 is 27.8 Å². The van der Waals surface area contributed by atoms with E-state index >= 15 is 0 Å². The molecule has 0 bridgehead atoms. The third kappa shape index (κ3) is 5.53. The van der Waals surface area contributed by atoms with E-state index in [-0.39, 0.29) is 41.4 Å². The summed E-state index contributed by atoms with van der Waals surface area (Å²) in [5.41, 5.74) is 2.27. The Hall–Kier alpha value is -4.32. The summed E-state index contributed by atoms with van der Waals surface area (Å²) in [6, 6.07) is 7.43. The summed E-state index contributed by atoms with van der Waals surface area (Å²) < 4.78 is 39.6. The molecule has 2 aliphatic heterocycles. The summed E-state index contributed by atoms with van der Waals surface area (Å²) in [6.45, 7) is 7.07. The zero-order valence-electron chi connectivity index (χ0n) is 22.5. The summed E-state index contributed by atoms with van der Waals surface area (Å²) in [4.78, 5) is 38.5. The molecule has 0 aliphatic carbocycles. The minimum Gasteiger partial charge on any atom is -0.496 e. The van der Waals surface area contributed by atoms with Crippen molar-refractivity contribution in [3.05, 3.63) is 53.7 Å². The fourth-order valence-corrected chi connectivity index (χ4v) is 4.99. The molecule has 5 rings (SSSR count). The van der Waals surface area contributed by atoms with E-state index in [0.717, 1.165) is 17.8 Å². The van der Waals surface area contributed by atoms with Crippen LogP contribution in [0, 0.1) is 11.6 Å². The van der Waals surface area contributed by atoms with Crippen LogP contribution in [0.1, 0.15) is 19.4 Å². The van der Waals surface area contributed by atoms with Gasteiger partial charge >= 0.3 is 0 Å². The highest BCUT2D eigenvalue weighted by Gasteiger charge is 2.29. The van der Waals surface area contributed by atoms with Crippen LogP contribution >= 0.6 is 0 Å². The molecule has 0 unspecified atom stereocenters. The standard InChI is InChI=1S/C28H30F2N6O4/c1-4-36-23-13-20(32-28-31-14-22(30)26(33-28)21-6-5-19(29)12-24(21)39-3)11-18(27(23)40-16-25(36)38)15-34-7-9-35(10-8-34)17(2)37/h5-6,11-14H,4,7-10,15-16H2,1-3H3,(H,31,32,33). The van der Waals surface area contributed by atoms with E-state index in [4.69, 9.17) is 9.47 Å². The number of fused-ring (bicyclic) bond motifs is 1. The maximum Gasteiger partial charge on any atom is 0.265 e. The van der Waals surface area contributed by atoms with Gasteiger partial charge in [0, 0.05) is 69.1 Å². The van der Waals surface area contributed by atoms with Crippen molar-refractivity contribution in [3.63, 3.8) is 0 Å². The van der Waals surface area contributed by atoms with Gasteiger partial charge in [0.15, 0.2) is 12.4 Å². The molecule has 1 N–H and O–H groups in total. The Labute approximate surface area is 230 Å². The van der Waals surface area contributed by atoms with Crippen molar-refractivity contribution >= 4 is 29.1 Å². The molecule has 3 heterocycles. The zero-order valence-corrected chi connectivity index (χ0v) is 22.5. The number of rotatable bonds is 7. The lowest BCUT2D eigenvalue weighted by Gasteiger charge is -2.35. The lowest BCUT2D eigenvalue weighted by molar-refractivity contribution is -0.130. The fraction of sp³-hybridized carbons (Fsp3) is 0.357. The Bertz CT molecular complexity index is 1440. The molecule has 12 heteroatoms. The van der Waals surface area contributed by atoms with Crippen molar-refractivity contribution in [1.82, 2.24) is 19.8 Å². The average molecular weight is 553 g/mol. The van der Waals surface area contributed by atoms with Crippen LogP contribution in [-0.4, -0.2) is 78.0 Å². The predicted octanol–water partition coefficient (Wildman–Crippen LogP) is 3.58. The number of piperazine rings is 1. The van der Waals surface area contributed by atoms with Crippen molar-refractivity contribution in [3.8, 4) is 22.8 Å². The highest BCUT2D eigenvalue weighted by atomic mass is 19.1. The molecule has 3 aromatic rings. The minimum atomic E-state index is -0.692. The second-order valence-corrected chi connectivity index (χ2v) is 9.55. The van der Waals surface area contributed by atoms with E-state index in [0.29, 0.717) is 56.4 Å². The van der Waals surface area contributed by atoms with E-state index in [1.165, 1.54) is 19.2 Å². The number of nitrogens with one attached hydrogen (secondary N) is 1. The third-order valence-electron chi connectivity index (χ3n) is 7.02. The summed E-state index contributed by atoms with van der Waals surface area (Å²) >= 11 is 0. The van der Waals surface area contributed by atoms with E-state index in [1.807, 2.05) is 17.9 Å². The number of benzene rings is 2. The molecule has 1 saturated heterocycles. The SMILES string of the molecule is CCN1C(=O)COc2c(CN3CCN(C(C)=O)CC3)cc(Nc3ncc(F)c(-c4ccc(F)cc4OC)n3)cc21. The zero-order chi connectivity index (χ0) is 28.4. The first-order valence-corrected chi connectivity index (χ1v) is 13.0. The Morgan fingerprint density at radius 1 is 1.15 bits per heavy atom. The largest absolute Gasteiger partial charge is 0.496 e. The van der Waals surface area contributed by atoms with Crippen LogP contribution in [0.2, 0.25) is 0 Å². The monoisotopic (exact) mass is 552 g/mol. The van der Waals surface area contributed by atoms with Gasteiger partial charge in [-0.25, -0.2) is 18.7 Å². The lowest BCUT2D eigenvalue weighted by Crippen LogP contribution is -2.47. The van der Waals surface area contributed by atoms with E-state index in [2.05, 4.69) is 20.2 Å². The number of hydrogen-bond acceptors (Lipinski definition) is 8. The maximum absolute atomic E-state index is 14.8. The molecule has 2 aromatic carbocycles. The number of likely N-dealkylation sites (N-methyl/N-ethyl adjacent to an activating group) is 1. The summed E-state index contributed by atoms with van der Waals surface area (Å²) in [5, 5.41) is 3.13. The molecule has 210 valence electrons. The van der Waals surface area contributed by atoms with Crippen LogP contribution in [0.25, 0.3) is 11.3 Å². The van der Waals surface area contributed by atoms with Gasteiger partial charge in [0.05, 0.1) is 19.0 Å². The lowest BCUT2D eigenvalue weighted by atomic mass is 10.1. The first-order chi connectivity index (χ1) is 19.3. The van der Waals surface area contributed by atoms with Gasteiger partial charge in [0.25, 0.3) is 5.91 Å². The van der Waals surface area contributed by atoms with Crippen molar-refractivity contribution in [2.45, 2.75) is 20.4 Å². The van der Waals surface area contributed by atoms with Gasteiger partial charge in [0.1, 0.15) is 23.0 Å². The van der Waals surface area contributed by atoms with Gasteiger partial charge in [-0.3, -0.25) is 14.5 Å². The number of carbonyl (C=O) groups is 2. The predicted molar refractivity (Wildman–Crippen MR) is 145 cm³/mol.